The number of fused-ring (bicyclic) bond motifs is 1. The van der Waals surface area contributed by atoms with Gasteiger partial charge >= 0.3 is 6.03 Å². The highest BCUT2D eigenvalue weighted by molar-refractivity contribution is 6.07. The lowest BCUT2D eigenvalue weighted by molar-refractivity contribution is 0.0963. The Kier molecular flexibility index (Phi) is 7.60. The summed E-state index contributed by atoms with van der Waals surface area (Å²) < 4.78 is 11.7. The van der Waals surface area contributed by atoms with Gasteiger partial charge in [-0.2, -0.15) is 4.98 Å². The average Bonchev–Trinajstić information content (AvgIpc) is 3.28. The number of hydrogen-bond donors (Lipinski definition) is 3. The standard InChI is InChI=1S/C28H31N7O4/c1-18-25(26(36)29-2)22-8-7-21(16-23(22)38-18)39-24-9-10-31-27(33-24)32-20-6-4-5-19(15-20)17-34-11-13-35(14-12-34)28(37)30-3/h4-10,15-16H,11-14,17H2,1-3H3,(H,29,36)(H,30,37)(H,31,32,33). The van der Waals surface area contributed by atoms with E-state index >= 15 is 0 Å². The second kappa shape index (κ2) is 11.4. The van der Waals surface area contributed by atoms with E-state index in [1.165, 1.54) is 0 Å². The van der Waals surface area contributed by atoms with Gasteiger partial charge in [-0.1, -0.05) is 12.1 Å². The van der Waals surface area contributed by atoms with Crippen LogP contribution in [0.4, 0.5) is 16.4 Å². The Hall–Kier alpha value is -4.64. The third kappa shape index (κ3) is 5.93. The Balaban J connectivity index is 1.23. The first-order valence-corrected chi connectivity index (χ1v) is 12.7. The number of carbonyl (C=O) groups is 2. The summed E-state index contributed by atoms with van der Waals surface area (Å²) in [5.41, 5.74) is 3.09. The van der Waals surface area contributed by atoms with Crippen molar-refractivity contribution < 1.29 is 18.7 Å². The normalized spacial score (nSPS) is 13.8. The Bertz CT molecular complexity index is 1490. The molecule has 0 aliphatic carbocycles. The highest BCUT2D eigenvalue weighted by Crippen LogP contribution is 2.31. The van der Waals surface area contributed by atoms with Crippen molar-refractivity contribution in [2.75, 3.05) is 45.6 Å². The molecule has 0 radical (unpaired) electrons. The fraction of sp³-hybridized carbons (Fsp3) is 0.286. The average molecular weight is 530 g/mol. The van der Waals surface area contributed by atoms with Crippen LogP contribution >= 0.6 is 0 Å². The lowest BCUT2D eigenvalue weighted by atomic mass is 10.1. The quantitative estimate of drug-likeness (QED) is 0.329. The number of anilines is 2. The zero-order chi connectivity index (χ0) is 27.4. The van der Waals surface area contributed by atoms with Crippen LogP contribution in [0.15, 0.2) is 59.1 Å². The van der Waals surface area contributed by atoms with E-state index in [1.807, 2.05) is 17.0 Å². The number of aromatic nitrogens is 2. The molecule has 0 atom stereocenters. The molecule has 0 unspecified atom stereocenters. The zero-order valence-electron chi connectivity index (χ0n) is 22.2. The molecule has 0 spiro atoms. The van der Waals surface area contributed by atoms with Crippen LogP contribution in [-0.2, 0) is 6.54 Å². The van der Waals surface area contributed by atoms with Crippen molar-refractivity contribution in [3.8, 4) is 11.6 Å². The molecular formula is C28H31N7O4. The van der Waals surface area contributed by atoms with Gasteiger partial charge in [0.25, 0.3) is 5.91 Å². The van der Waals surface area contributed by atoms with E-state index < -0.39 is 0 Å². The molecule has 2 aromatic heterocycles. The number of nitrogens with zero attached hydrogens (tertiary/aromatic N) is 4. The van der Waals surface area contributed by atoms with Gasteiger partial charge < -0.3 is 30.0 Å². The van der Waals surface area contributed by atoms with Gasteiger partial charge in [-0.05, 0) is 36.8 Å². The number of aryl methyl sites for hydroxylation is 1. The molecule has 1 aliphatic rings. The molecule has 3 N–H and O–H groups in total. The van der Waals surface area contributed by atoms with Crippen molar-refractivity contribution in [1.29, 1.82) is 0 Å². The number of nitrogens with one attached hydrogen (secondary N) is 3. The molecule has 2 aromatic carbocycles. The highest BCUT2D eigenvalue weighted by atomic mass is 16.5. The van der Waals surface area contributed by atoms with Crippen LogP contribution in [0.5, 0.6) is 11.6 Å². The Morgan fingerprint density at radius 1 is 1.03 bits per heavy atom. The molecule has 0 bridgehead atoms. The van der Waals surface area contributed by atoms with Crippen LogP contribution in [0.25, 0.3) is 11.0 Å². The molecule has 202 valence electrons. The lowest BCUT2D eigenvalue weighted by Crippen LogP contribution is -2.50. The van der Waals surface area contributed by atoms with Gasteiger partial charge in [0.15, 0.2) is 0 Å². The van der Waals surface area contributed by atoms with Crippen LogP contribution in [0.3, 0.4) is 0 Å². The molecule has 5 rings (SSSR count). The first-order valence-electron chi connectivity index (χ1n) is 12.7. The summed E-state index contributed by atoms with van der Waals surface area (Å²) in [6, 6.07) is 15.1. The summed E-state index contributed by atoms with van der Waals surface area (Å²) in [6.45, 7) is 5.61. The number of furan rings is 1. The van der Waals surface area contributed by atoms with E-state index in [0.29, 0.717) is 47.6 Å². The summed E-state index contributed by atoms with van der Waals surface area (Å²) in [5, 5.41) is 9.30. The van der Waals surface area contributed by atoms with Crippen molar-refractivity contribution in [3.05, 3.63) is 71.6 Å². The highest BCUT2D eigenvalue weighted by Gasteiger charge is 2.20. The third-order valence-corrected chi connectivity index (χ3v) is 6.61. The molecule has 1 saturated heterocycles. The van der Waals surface area contributed by atoms with E-state index in [4.69, 9.17) is 9.15 Å². The number of ether oxygens (including phenoxy) is 1. The Morgan fingerprint density at radius 3 is 2.62 bits per heavy atom. The number of hydrogen-bond acceptors (Lipinski definition) is 8. The van der Waals surface area contributed by atoms with Crippen LogP contribution in [0, 0.1) is 6.92 Å². The SMILES string of the molecule is CNC(=O)c1c(C)oc2cc(Oc3ccnc(Nc4cccc(CN5CCN(C(=O)NC)CC5)c4)n3)ccc12. The van der Waals surface area contributed by atoms with Crippen molar-refractivity contribution >= 4 is 34.5 Å². The lowest BCUT2D eigenvalue weighted by Gasteiger charge is -2.34. The van der Waals surface area contributed by atoms with Crippen LogP contribution in [0.1, 0.15) is 21.7 Å². The van der Waals surface area contributed by atoms with Crippen molar-refractivity contribution in [3.63, 3.8) is 0 Å². The van der Waals surface area contributed by atoms with Gasteiger partial charge in [0.05, 0.1) is 5.56 Å². The van der Waals surface area contributed by atoms with Crippen molar-refractivity contribution in [1.82, 2.24) is 30.4 Å². The maximum absolute atomic E-state index is 12.2. The molecule has 3 amide bonds. The molecule has 11 nitrogen and oxygen atoms in total. The molecule has 39 heavy (non-hydrogen) atoms. The monoisotopic (exact) mass is 529 g/mol. The first kappa shape index (κ1) is 26.0. The van der Waals surface area contributed by atoms with Crippen LogP contribution in [-0.4, -0.2) is 72.0 Å². The first-order chi connectivity index (χ1) is 18.9. The summed E-state index contributed by atoms with van der Waals surface area (Å²) >= 11 is 0. The van der Waals surface area contributed by atoms with Gasteiger partial charge in [-0.3, -0.25) is 9.69 Å². The number of urea groups is 1. The molecule has 0 saturated carbocycles. The van der Waals surface area contributed by atoms with E-state index in [1.54, 1.807) is 51.5 Å². The third-order valence-electron chi connectivity index (χ3n) is 6.61. The maximum Gasteiger partial charge on any atom is 0.317 e. The van der Waals surface area contributed by atoms with Crippen LogP contribution in [0.2, 0.25) is 0 Å². The molecule has 1 aliphatic heterocycles. The summed E-state index contributed by atoms with van der Waals surface area (Å²) in [6.07, 6.45) is 1.62. The largest absolute Gasteiger partial charge is 0.460 e. The molecule has 3 heterocycles. The number of amides is 3. The van der Waals surface area contributed by atoms with E-state index in [2.05, 4.69) is 43.0 Å². The summed E-state index contributed by atoms with van der Waals surface area (Å²) in [4.78, 5) is 37.0. The minimum Gasteiger partial charge on any atom is -0.460 e. The van der Waals surface area contributed by atoms with Crippen molar-refractivity contribution in [2.45, 2.75) is 13.5 Å². The number of benzene rings is 2. The molecule has 4 aromatic rings. The fourth-order valence-corrected chi connectivity index (χ4v) is 4.65. The van der Waals surface area contributed by atoms with Gasteiger partial charge in [-0.25, -0.2) is 9.78 Å². The smallest absolute Gasteiger partial charge is 0.317 e. The predicted molar refractivity (Wildman–Crippen MR) is 147 cm³/mol. The van der Waals surface area contributed by atoms with E-state index in [0.717, 1.165) is 36.3 Å². The van der Waals surface area contributed by atoms with Gasteiger partial charge in [0.2, 0.25) is 11.8 Å². The number of carbonyl (C=O) groups excluding carboxylic acids is 2. The molecule has 1 fully saturated rings. The topological polar surface area (TPSA) is 125 Å². The van der Waals surface area contributed by atoms with Crippen LogP contribution < -0.4 is 20.7 Å². The number of piperazine rings is 1. The minimum absolute atomic E-state index is 0.0289. The minimum atomic E-state index is -0.195. The molecular weight excluding hydrogens is 498 g/mol. The van der Waals surface area contributed by atoms with Crippen molar-refractivity contribution in [2.24, 2.45) is 0 Å². The number of rotatable bonds is 7. The second-order valence-electron chi connectivity index (χ2n) is 9.23. The second-order valence-corrected chi connectivity index (χ2v) is 9.23. The molecule has 11 heteroatoms. The van der Waals surface area contributed by atoms with E-state index in [-0.39, 0.29) is 11.9 Å². The predicted octanol–water partition coefficient (Wildman–Crippen LogP) is 3.88. The van der Waals surface area contributed by atoms with Gasteiger partial charge in [0.1, 0.15) is 17.1 Å². The van der Waals surface area contributed by atoms with Gasteiger partial charge in [0, 0.05) is 76.2 Å². The summed E-state index contributed by atoms with van der Waals surface area (Å²) in [5.74, 6) is 1.65. The van der Waals surface area contributed by atoms with E-state index in [9.17, 15) is 9.59 Å². The fourth-order valence-electron chi connectivity index (χ4n) is 4.65. The zero-order valence-corrected chi connectivity index (χ0v) is 22.2. The Labute approximate surface area is 226 Å². The van der Waals surface area contributed by atoms with Gasteiger partial charge in [-0.15, -0.1) is 0 Å². The Morgan fingerprint density at radius 2 is 1.85 bits per heavy atom. The maximum atomic E-state index is 12.2. The summed E-state index contributed by atoms with van der Waals surface area (Å²) in [7, 11) is 3.25.